The molecule has 2 heterocycles. The summed E-state index contributed by atoms with van der Waals surface area (Å²) in [5, 5.41) is 13.0. The molecule has 0 unspecified atom stereocenters. The van der Waals surface area contributed by atoms with Crippen LogP contribution in [-0.2, 0) is 16.1 Å². The van der Waals surface area contributed by atoms with Crippen LogP contribution in [0.1, 0.15) is 36.2 Å². The van der Waals surface area contributed by atoms with Gasteiger partial charge in [-0.05, 0) is 62.0 Å². The molecule has 0 aliphatic carbocycles. The van der Waals surface area contributed by atoms with Crippen LogP contribution in [-0.4, -0.2) is 103 Å². The van der Waals surface area contributed by atoms with Crippen molar-refractivity contribution >= 4 is 17.5 Å². The number of amides is 2. The van der Waals surface area contributed by atoms with Gasteiger partial charge in [-0.3, -0.25) is 19.4 Å². The molecule has 5 rings (SSSR count). The molecule has 2 N–H and O–H groups in total. The van der Waals surface area contributed by atoms with Gasteiger partial charge < -0.3 is 29.5 Å². The number of nitrogens with one attached hydrogen (secondary N) is 1. The Labute approximate surface area is 271 Å². The molecule has 3 aromatic rings. The van der Waals surface area contributed by atoms with Gasteiger partial charge >= 0.3 is 0 Å². The zero-order valence-corrected chi connectivity index (χ0v) is 27.1. The molecule has 10 nitrogen and oxygen atoms in total. The number of carbonyl (C=O) groups is 2. The molecule has 46 heavy (non-hydrogen) atoms. The second kappa shape index (κ2) is 16.0. The molecule has 1 saturated heterocycles. The molecule has 2 aliphatic rings. The van der Waals surface area contributed by atoms with Gasteiger partial charge in [0.05, 0.1) is 31.4 Å². The predicted octanol–water partition coefficient (Wildman–Crippen LogP) is 4.49. The van der Waals surface area contributed by atoms with E-state index in [4.69, 9.17) is 14.2 Å². The third-order valence-electron chi connectivity index (χ3n) is 8.55. The maximum atomic E-state index is 13.8. The Kier molecular flexibility index (Phi) is 11.7. The topological polar surface area (TPSA) is 104 Å². The Balaban J connectivity index is 1.26. The SMILES string of the molecule is C[C@H](CO)N1C[C@H](C)[C@H](CN(C)Cc2ccc(Oc3ccccc3)cc2)Oc2ccc(NC(=O)CCN3CCOCC3)cc2C1=O. The lowest BCUT2D eigenvalue weighted by Gasteiger charge is -2.38. The van der Waals surface area contributed by atoms with E-state index in [9.17, 15) is 14.7 Å². The van der Waals surface area contributed by atoms with E-state index in [0.717, 1.165) is 30.2 Å². The Morgan fingerprint density at radius 1 is 1.07 bits per heavy atom. The maximum Gasteiger partial charge on any atom is 0.258 e. The zero-order valence-electron chi connectivity index (χ0n) is 27.1. The molecule has 0 radical (unpaired) electrons. The average molecular weight is 631 g/mol. The van der Waals surface area contributed by atoms with Crippen molar-refractivity contribution in [3.63, 3.8) is 0 Å². The molecule has 2 aliphatic heterocycles. The molecule has 10 heteroatoms. The van der Waals surface area contributed by atoms with Gasteiger partial charge in [0.25, 0.3) is 5.91 Å². The molecule has 0 saturated carbocycles. The van der Waals surface area contributed by atoms with Crippen molar-refractivity contribution in [2.24, 2.45) is 5.92 Å². The van der Waals surface area contributed by atoms with E-state index >= 15 is 0 Å². The van der Waals surface area contributed by atoms with Crippen molar-refractivity contribution in [3.8, 4) is 17.2 Å². The Morgan fingerprint density at radius 2 is 1.78 bits per heavy atom. The van der Waals surface area contributed by atoms with Gasteiger partial charge in [0.2, 0.25) is 5.91 Å². The number of ether oxygens (including phenoxy) is 3. The van der Waals surface area contributed by atoms with Crippen LogP contribution < -0.4 is 14.8 Å². The minimum absolute atomic E-state index is 0.00485. The summed E-state index contributed by atoms with van der Waals surface area (Å²) >= 11 is 0. The summed E-state index contributed by atoms with van der Waals surface area (Å²) in [6.45, 7) is 9.19. The first kappa shape index (κ1) is 33.4. The van der Waals surface area contributed by atoms with Gasteiger partial charge in [-0.1, -0.05) is 37.3 Å². The number of para-hydroxylation sites is 1. The van der Waals surface area contributed by atoms with E-state index in [1.807, 2.05) is 49.4 Å². The minimum Gasteiger partial charge on any atom is -0.488 e. The molecule has 1 fully saturated rings. The van der Waals surface area contributed by atoms with Crippen LogP contribution in [0.15, 0.2) is 72.8 Å². The number of benzene rings is 3. The number of aliphatic hydroxyl groups is 1. The van der Waals surface area contributed by atoms with E-state index in [1.165, 1.54) is 0 Å². The number of likely N-dealkylation sites (N-methyl/N-ethyl adjacent to an activating group) is 1. The largest absolute Gasteiger partial charge is 0.488 e. The number of morpholine rings is 1. The van der Waals surface area contributed by atoms with Crippen molar-refractivity contribution in [2.75, 3.05) is 64.9 Å². The van der Waals surface area contributed by atoms with Gasteiger partial charge in [-0.15, -0.1) is 0 Å². The average Bonchev–Trinajstić information content (AvgIpc) is 3.07. The van der Waals surface area contributed by atoms with Crippen LogP contribution in [0, 0.1) is 5.92 Å². The number of carbonyl (C=O) groups excluding carboxylic acids is 2. The third-order valence-corrected chi connectivity index (χ3v) is 8.55. The first-order valence-corrected chi connectivity index (χ1v) is 16.1. The fraction of sp³-hybridized carbons (Fsp3) is 0.444. The lowest BCUT2D eigenvalue weighted by atomic mass is 9.99. The van der Waals surface area contributed by atoms with E-state index in [-0.39, 0.29) is 36.5 Å². The smallest absolute Gasteiger partial charge is 0.258 e. The summed E-state index contributed by atoms with van der Waals surface area (Å²) in [5.41, 5.74) is 2.06. The van der Waals surface area contributed by atoms with Crippen LogP contribution in [0.3, 0.4) is 0 Å². The molecule has 3 aromatic carbocycles. The van der Waals surface area contributed by atoms with Crippen LogP contribution in [0.25, 0.3) is 0 Å². The number of anilines is 1. The van der Waals surface area contributed by atoms with Crippen molar-refractivity contribution < 1.29 is 28.9 Å². The lowest BCUT2D eigenvalue weighted by Crippen LogP contribution is -2.49. The second-order valence-electron chi connectivity index (χ2n) is 12.3. The summed E-state index contributed by atoms with van der Waals surface area (Å²) in [7, 11) is 2.05. The molecular formula is C36H46N4O6. The van der Waals surface area contributed by atoms with E-state index in [2.05, 4.69) is 41.2 Å². The Bertz CT molecular complexity index is 1430. The van der Waals surface area contributed by atoms with Crippen LogP contribution >= 0.6 is 0 Å². The van der Waals surface area contributed by atoms with E-state index in [0.29, 0.717) is 62.8 Å². The van der Waals surface area contributed by atoms with E-state index < -0.39 is 0 Å². The fourth-order valence-electron chi connectivity index (χ4n) is 5.80. The number of nitrogens with zero attached hydrogens (tertiary/aromatic N) is 3. The Morgan fingerprint density at radius 3 is 2.50 bits per heavy atom. The van der Waals surface area contributed by atoms with Crippen LogP contribution in [0.2, 0.25) is 0 Å². The summed E-state index contributed by atoms with van der Waals surface area (Å²) in [6.07, 6.45) is 0.129. The van der Waals surface area contributed by atoms with Crippen molar-refractivity contribution in [3.05, 3.63) is 83.9 Å². The van der Waals surface area contributed by atoms with Gasteiger partial charge in [0.1, 0.15) is 23.4 Å². The van der Waals surface area contributed by atoms with Gasteiger partial charge in [-0.25, -0.2) is 0 Å². The van der Waals surface area contributed by atoms with Gasteiger partial charge in [0.15, 0.2) is 0 Å². The quantitative estimate of drug-likeness (QED) is 0.302. The van der Waals surface area contributed by atoms with Crippen LogP contribution in [0.5, 0.6) is 17.2 Å². The number of aliphatic hydroxyl groups excluding tert-OH is 1. The highest BCUT2D eigenvalue weighted by atomic mass is 16.5. The molecule has 0 bridgehead atoms. The number of fused-ring (bicyclic) bond motifs is 1. The second-order valence-corrected chi connectivity index (χ2v) is 12.3. The summed E-state index contributed by atoms with van der Waals surface area (Å²) < 4.78 is 17.9. The Hall–Kier alpha value is -3.96. The highest BCUT2D eigenvalue weighted by Crippen LogP contribution is 2.31. The number of hydrogen-bond acceptors (Lipinski definition) is 8. The minimum atomic E-state index is -0.373. The molecule has 246 valence electrons. The summed E-state index contributed by atoms with van der Waals surface area (Å²) in [4.78, 5) is 32.7. The van der Waals surface area contributed by atoms with Gasteiger partial charge in [0, 0.05) is 57.3 Å². The highest BCUT2D eigenvalue weighted by molar-refractivity contribution is 6.00. The molecule has 0 aromatic heterocycles. The molecule has 3 atom stereocenters. The van der Waals surface area contributed by atoms with Crippen molar-refractivity contribution in [1.82, 2.24) is 14.7 Å². The highest BCUT2D eigenvalue weighted by Gasteiger charge is 2.33. The van der Waals surface area contributed by atoms with Crippen molar-refractivity contribution in [2.45, 2.75) is 39.0 Å². The van der Waals surface area contributed by atoms with Crippen LogP contribution in [0.4, 0.5) is 5.69 Å². The fourth-order valence-corrected chi connectivity index (χ4v) is 5.80. The monoisotopic (exact) mass is 630 g/mol. The third kappa shape index (κ3) is 9.07. The zero-order chi connectivity index (χ0) is 32.5. The molecule has 2 amide bonds. The van der Waals surface area contributed by atoms with Crippen molar-refractivity contribution in [1.29, 1.82) is 0 Å². The number of rotatable bonds is 12. The van der Waals surface area contributed by atoms with Gasteiger partial charge in [-0.2, -0.15) is 0 Å². The molecule has 0 spiro atoms. The first-order chi connectivity index (χ1) is 22.3. The maximum absolute atomic E-state index is 13.8. The lowest BCUT2D eigenvalue weighted by molar-refractivity contribution is -0.116. The normalized spacial score (nSPS) is 19.5. The first-order valence-electron chi connectivity index (χ1n) is 16.1. The van der Waals surface area contributed by atoms with E-state index in [1.54, 1.807) is 23.1 Å². The number of hydrogen-bond donors (Lipinski definition) is 2. The molecular weight excluding hydrogens is 584 g/mol. The summed E-state index contributed by atoms with van der Waals surface area (Å²) in [6, 6.07) is 22.6. The predicted molar refractivity (Wildman–Crippen MR) is 177 cm³/mol. The summed E-state index contributed by atoms with van der Waals surface area (Å²) in [5.74, 6) is 1.70. The standard InChI is InChI=1S/C36H46N4O6/c1-26-22-40(27(2)25-41)36(43)32-21-29(37-35(42)15-16-39-17-19-44-20-18-39)11-14-33(32)46-34(26)24-38(3)23-28-9-12-31(13-10-28)45-30-7-5-4-6-8-30/h4-14,21,26-27,34,41H,15-20,22-25H2,1-3H3,(H,37,42)/t26-,27+,34-/m0/s1.